The van der Waals surface area contributed by atoms with E-state index in [1.54, 1.807) is 18.2 Å². The van der Waals surface area contributed by atoms with E-state index in [0.29, 0.717) is 0 Å². The second kappa shape index (κ2) is 5.79. The summed E-state index contributed by atoms with van der Waals surface area (Å²) in [5.41, 5.74) is 7.06. The Morgan fingerprint density at radius 1 is 1.35 bits per heavy atom. The fourth-order valence-corrected chi connectivity index (χ4v) is 2.23. The van der Waals surface area contributed by atoms with Crippen LogP contribution in [0.15, 0.2) is 35.2 Å². The number of carbonyl (C=O) groups is 1. The van der Waals surface area contributed by atoms with Crippen LogP contribution in [0.1, 0.15) is 6.92 Å². The normalized spacial score (nSPS) is 13.1. The maximum Gasteiger partial charge on any atom is 0.287 e. The monoisotopic (exact) mass is 256 g/mol. The molecular formula is C11H14NO4S-. The molecule has 1 aromatic rings. The fourth-order valence-electron chi connectivity index (χ4n) is 1.12. The first-order valence-electron chi connectivity index (χ1n) is 5.09. The number of hydrogen-bond donors (Lipinski definition) is 0. The Hall–Kier alpha value is -1.40. The van der Waals surface area contributed by atoms with Gasteiger partial charge in [-0.3, -0.25) is 4.79 Å². The van der Waals surface area contributed by atoms with Crippen molar-refractivity contribution in [2.24, 2.45) is 0 Å². The molecule has 1 aromatic carbocycles. The highest BCUT2D eigenvalue weighted by molar-refractivity contribution is 7.91. The molecule has 0 fully saturated rings. The minimum Gasteiger partial charge on any atom is -0.666 e. The minimum atomic E-state index is -3.42. The number of hydrogen-bond acceptors (Lipinski definition) is 4. The minimum absolute atomic E-state index is 0.204. The third kappa shape index (κ3) is 4.16. The van der Waals surface area contributed by atoms with E-state index < -0.39 is 21.8 Å². The molecule has 0 aliphatic heterocycles. The molecule has 17 heavy (non-hydrogen) atoms. The zero-order chi connectivity index (χ0) is 12.9. The topological polar surface area (TPSA) is 84.2 Å². The summed E-state index contributed by atoms with van der Waals surface area (Å²) in [6, 6.07) is 6.97. The van der Waals surface area contributed by atoms with Crippen molar-refractivity contribution in [1.29, 1.82) is 0 Å². The zero-order valence-corrected chi connectivity index (χ0v) is 10.2. The maximum absolute atomic E-state index is 11.7. The molecule has 0 aliphatic carbocycles. The lowest BCUT2D eigenvalue weighted by molar-refractivity contribution is -0.143. The van der Waals surface area contributed by atoms with E-state index in [-0.39, 0.29) is 17.3 Å². The van der Waals surface area contributed by atoms with Gasteiger partial charge in [0.25, 0.3) is 5.97 Å². The van der Waals surface area contributed by atoms with Crippen molar-refractivity contribution >= 4 is 15.8 Å². The molecule has 6 heteroatoms. The first-order valence-corrected chi connectivity index (χ1v) is 6.74. The van der Waals surface area contributed by atoms with E-state index in [9.17, 15) is 13.2 Å². The molecule has 0 saturated heterocycles. The Kier molecular flexibility index (Phi) is 4.65. The molecule has 0 spiro atoms. The van der Waals surface area contributed by atoms with Crippen LogP contribution < -0.4 is 0 Å². The predicted molar refractivity (Wildman–Crippen MR) is 63.2 cm³/mol. The van der Waals surface area contributed by atoms with Gasteiger partial charge in [0.2, 0.25) is 0 Å². The second-order valence-electron chi connectivity index (χ2n) is 3.52. The van der Waals surface area contributed by atoms with Gasteiger partial charge < -0.3 is 10.5 Å². The first-order chi connectivity index (χ1) is 7.93. The summed E-state index contributed by atoms with van der Waals surface area (Å²) in [4.78, 5) is 11.2. The van der Waals surface area contributed by atoms with E-state index >= 15 is 0 Å². The van der Waals surface area contributed by atoms with Crippen molar-refractivity contribution in [3.8, 4) is 0 Å². The number of esters is 1. The average molecular weight is 256 g/mol. The molecule has 0 aliphatic rings. The molecule has 0 bridgehead atoms. The summed E-state index contributed by atoms with van der Waals surface area (Å²) in [6.07, 6.45) is 0. The van der Waals surface area contributed by atoms with E-state index in [0.717, 1.165) is 0 Å². The molecule has 0 heterocycles. The van der Waals surface area contributed by atoms with Crippen molar-refractivity contribution < 1.29 is 17.9 Å². The summed E-state index contributed by atoms with van der Waals surface area (Å²) < 4.78 is 28.1. The van der Waals surface area contributed by atoms with E-state index in [1.165, 1.54) is 19.1 Å². The SMILES string of the molecule is C[C@H]([NH-])C(=O)OCCS(=O)(=O)c1ccccc1. The Morgan fingerprint density at radius 3 is 2.47 bits per heavy atom. The van der Waals surface area contributed by atoms with Gasteiger partial charge in [-0.15, -0.1) is 0 Å². The second-order valence-corrected chi connectivity index (χ2v) is 5.63. The molecule has 0 saturated carbocycles. The molecular weight excluding hydrogens is 242 g/mol. The molecule has 1 rings (SSSR count). The molecule has 0 amide bonds. The Balaban J connectivity index is 2.55. The first kappa shape index (κ1) is 13.7. The number of sulfone groups is 1. The number of carbonyl (C=O) groups excluding carboxylic acids is 1. The van der Waals surface area contributed by atoms with Gasteiger partial charge in [-0.2, -0.15) is 0 Å². The molecule has 1 N–H and O–H groups in total. The van der Waals surface area contributed by atoms with E-state index in [4.69, 9.17) is 5.73 Å². The molecule has 1 atom stereocenters. The number of benzene rings is 1. The van der Waals surface area contributed by atoms with Crippen molar-refractivity contribution in [2.75, 3.05) is 12.4 Å². The molecule has 0 aromatic heterocycles. The molecule has 0 radical (unpaired) electrons. The highest BCUT2D eigenvalue weighted by atomic mass is 32.2. The lowest BCUT2D eigenvalue weighted by atomic mass is 10.4. The standard InChI is InChI=1S/C11H14NO4S/c1-9(12)11(13)16-7-8-17(14,15)10-5-3-2-4-6-10/h2-6,9,12H,7-8H2,1H3/q-1/t9-/m0/s1. The van der Waals surface area contributed by atoms with Crippen LogP contribution in [0.25, 0.3) is 5.73 Å². The maximum atomic E-state index is 11.7. The Bertz CT molecular complexity index is 468. The van der Waals surface area contributed by atoms with E-state index in [2.05, 4.69) is 4.74 Å². The highest BCUT2D eigenvalue weighted by Crippen LogP contribution is 2.09. The van der Waals surface area contributed by atoms with Crippen LogP contribution in [0.4, 0.5) is 0 Å². The van der Waals surface area contributed by atoms with Crippen LogP contribution in [0, 0.1) is 0 Å². The van der Waals surface area contributed by atoms with Gasteiger partial charge in [0, 0.05) is 0 Å². The summed E-state index contributed by atoms with van der Waals surface area (Å²) in [6.45, 7) is 1.15. The highest BCUT2D eigenvalue weighted by Gasteiger charge is 2.14. The van der Waals surface area contributed by atoms with Crippen LogP contribution in [0.3, 0.4) is 0 Å². The van der Waals surface area contributed by atoms with Gasteiger partial charge in [0.05, 0.1) is 10.6 Å². The quantitative estimate of drug-likeness (QED) is 0.746. The zero-order valence-electron chi connectivity index (χ0n) is 9.42. The smallest absolute Gasteiger partial charge is 0.287 e. The van der Waals surface area contributed by atoms with Crippen LogP contribution in [0.5, 0.6) is 0 Å². The lowest BCUT2D eigenvalue weighted by Gasteiger charge is -2.12. The predicted octanol–water partition coefficient (Wildman–Crippen LogP) is 1.44. The van der Waals surface area contributed by atoms with Crippen molar-refractivity contribution in [3.05, 3.63) is 36.1 Å². The number of ether oxygens (including phenoxy) is 1. The largest absolute Gasteiger partial charge is 0.666 e. The van der Waals surface area contributed by atoms with Crippen LogP contribution in [-0.2, 0) is 19.4 Å². The third-order valence-electron chi connectivity index (χ3n) is 2.05. The van der Waals surface area contributed by atoms with Gasteiger partial charge in [0.15, 0.2) is 9.84 Å². The Morgan fingerprint density at radius 2 is 1.94 bits per heavy atom. The van der Waals surface area contributed by atoms with Gasteiger partial charge in [0.1, 0.15) is 6.61 Å². The average Bonchev–Trinajstić information content (AvgIpc) is 2.29. The van der Waals surface area contributed by atoms with Crippen molar-refractivity contribution in [1.82, 2.24) is 0 Å². The number of rotatable bonds is 5. The lowest BCUT2D eigenvalue weighted by Crippen LogP contribution is -2.20. The Labute approximate surface area is 100 Å². The molecule has 0 unspecified atom stereocenters. The number of nitrogens with one attached hydrogen (secondary N) is 1. The van der Waals surface area contributed by atoms with Crippen molar-refractivity contribution in [3.63, 3.8) is 0 Å². The van der Waals surface area contributed by atoms with Crippen LogP contribution in [-0.4, -0.2) is 32.8 Å². The molecule has 5 nitrogen and oxygen atoms in total. The summed E-state index contributed by atoms with van der Waals surface area (Å²) in [5, 5.41) is 0. The summed E-state index contributed by atoms with van der Waals surface area (Å²) >= 11 is 0. The van der Waals surface area contributed by atoms with Gasteiger partial charge in [-0.1, -0.05) is 25.1 Å². The van der Waals surface area contributed by atoms with Gasteiger partial charge in [-0.25, -0.2) is 8.42 Å². The van der Waals surface area contributed by atoms with Gasteiger partial charge in [-0.05, 0) is 18.2 Å². The summed E-state index contributed by atoms with van der Waals surface area (Å²) in [7, 11) is -3.42. The van der Waals surface area contributed by atoms with Crippen LogP contribution in [0.2, 0.25) is 0 Å². The van der Waals surface area contributed by atoms with Crippen LogP contribution >= 0.6 is 0 Å². The third-order valence-corrected chi connectivity index (χ3v) is 3.75. The summed E-state index contributed by atoms with van der Waals surface area (Å²) in [5.74, 6) is -0.983. The molecule has 94 valence electrons. The van der Waals surface area contributed by atoms with E-state index in [1.807, 2.05) is 0 Å². The van der Waals surface area contributed by atoms with Crippen molar-refractivity contribution in [2.45, 2.75) is 17.9 Å². The van der Waals surface area contributed by atoms with Gasteiger partial charge >= 0.3 is 0 Å². The fraction of sp³-hybridized carbons (Fsp3) is 0.364.